The van der Waals surface area contributed by atoms with Crippen LogP contribution in [0.2, 0.25) is 0 Å². The van der Waals surface area contributed by atoms with Crippen molar-refractivity contribution in [3.05, 3.63) is 17.6 Å². The molecule has 0 saturated heterocycles. The molecule has 0 saturated carbocycles. The molecule has 0 bridgehead atoms. The first-order valence-electron chi connectivity index (χ1n) is 3.35. The molecule has 60 valence electrons. The van der Waals surface area contributed by atoms with Crippen LogP contribution in [0.4, 0.5) is 0 Å². The molecule has 0 spiro atoms. The Balaban J connectivity index is 2.85. The third-order valence-corrected chi connectivity index (χ3v) is 2.16. The zero-order valence-electron chi connectivity index (χ0n) is 6.80. The van der Waals surface area contributed by atoms with Crippen LogP contribution in [-0.4, -0.2) is 5.12 Å². The van der Waals surface area contributed by atoms with E-state index in [-0.39, 0.29) is 5.12 Å². The summed E-state index contributed by atoms with van der Waals surface area (Å²) < 4.78 is 5.24. The van der Waals surface area contributed by atoms with Gasteiger partial charge in [-0.1, -0.05) is 0 Å². The molecule has 2 nitrogen and oxygen atoms in total. The molecule has 0 aliphatic carbocycles. The van der Waals surface area contributed by atoms with Crippen molar-refractivity contribution < 1.29 is 9.21 Å². The van der Waals surface area contributed by atoms with Crippen molar-refractivity contribution in [1.82, 2.24) is 0 Å². The Kier molecular flexibility index (Phi) is 2.39. The number of furan rings is 1. The van der Waals surface area contributed by atoms with Gasteiger partial charge in [0.25, 0.3) is 0 Å². The van der Waals surface area contributed by atoms with Crippen molar-refractivity contribution in [2.75, 3.05) is 0 Å². The van der Waals surface area contributed by atoms with Gasteiger partial charge in [-0.25, -0.2) is 0 Å². The smallest absolute Gasteiger partial charge is 0.190 e. The minimum Gasteiger partial charge on any atom is -0.465 e. The van der Waals surface area contributed by atoms with Gasteiger partial charge in [-0.2, -0.15) is 0 Å². The molecule has 0 amide bonds. The molecule has 0 aliphatic rings. The van der Waals surface area contributed by atoms with Gasteiger partial charge in [0.2, 0.25) is 0 Å². The second-order valence-electron chi connectivity index (χ2n) is 2.37. The van der Waals surface area contributed by atoms with E-state index in [1.807, 2.05) is 19.9 Å². The number of hydrogen-bond acceptors (Lipinski definition) is 3. The minimum atomic E-state index is 0.0916. The standard InChI is InChI=1S/C8H10O2S/c1-5-4-8(6(2)10-5)11-7(3)9/h4H,1-3H3. The number of thioether (sulfide) groups is 1. The lowest BCUT2D eigenvalue weighted by atomic mass is 10.4. The Morgan fingerprint density at radius 2 is 2.18 bits per heavy atom. The Bertz CT molecular complexity index is 276. The first-order valence-corrected chi connectivity index (χ1v) is 4.16. The number of carbonyl (C=O) groups is 1. The Morgan fingerprint density at radius 3 is 2.55 bits per heavy atom. The molecule has 0 atom stereocenters. The second kappa shape index (κ2) is 3.13. The first kappa shape index (κ1) is 8.40. The van der Waals surface area contributed by atoms with E-state index in [0.29, 0.717) is 0 Å². The summed E-state index contributed by atoms with van der Waals surface area (Å²) in [5, 5.41) is 0.0916. The maximum Gasteiger partial charge on any atom is 0.190 e. The lowest BCUT2D eigenvalue weighted by molar-refractivity contribution is -0.109. The molecule has 0 fully saturated rings. The Hall–Kier alpha value is -0.700. The first-order chi connectivity index (χ1) is 5.09. The quantitative estimate of drug-likeness (QED) is 0.607. The normalized spacial score (nSPS) is 10.1. The predicted octanol–water partition coefficient (Wildman–Crippen LogP) is 2.54. The summed E-state index contributed by atoms with van der Waals surface area (Å²) in [6.45, 7) is 5.28. The molecule has 0 radical (unpaired) electrons. The maximum atomic E-state index is 10.7. The summed E-state index contributed by atoms with van der Waals surface area (Å²) >= 11 is 1.21. The second-order valence-corrected chi connectivity index (χ2v) is 3.59. The third kappa shape index (κ3) is 2.12. The fourth-order valence-electron chi connectivity index (χ4n) is 0.864. The van der Waals surface area contributed by atoms with Crippen LogP contribution in [-0.2, 0) is 4.79 Å². The number of hydrogen-bond donors (Lipinski definition) is 0. The van der Waals surface area contributed by atoms with Gasteiger partial charge < -0.3 is 4.42 Å². The number of carbonyl (C=O) groups excluding carboxylic acids is 1. The van der Waals surface area contributed by atoms with Crippen LogP contribution in [0.5, 0.6) is 0 Å². The van der Waals surface area contributed by atoms with Crippen LogP contribution < -0.4 is 0 Å². The van der Waals surface area contributed by atoms with Crippen LogP contribution in [0.1, 0.15) is 18.4 Å². The largest absolute Gasteiger partial charge is 0.465 e. The highest BCUT2D eigenvalue weighted by Crippen LogP contribution is 2.25. The molecular formula is C8H10O2S. The fraction of sp³-hybridized carbons (Fsp3) is 0.375. The van der Waals surface area contributed by atoms with Crippen molar-refractivity contribution in [2.45, 2.75) is 25.7 Å². The highest BCUT2D eigenvalue weighted by Gasteiger charge is 2.06. The van der Waals surface area contributed by atoms with Crippen LogP contribution in [0.15, 0.2) is 15.4 Å². The van der Waals surface area contributed by atoms with Gasteiger partial charge in [-0.05, 0) is 31.7 Å². The van der Waals surface area contributed by atoms with Crippen LogP contribution in [0.25, 0.3) is 0 Å². The van der Waals surface area contributed by atoms with Gasteiger partial charge in [0, 0.05) is 6.92 Å². The summed E-state index contributed by atoms with van der Waals surface area (Å²) in [7, 11) is 0. The molecule has 0 unspecified atom stereocenters. The third-order valence-electron chi connectivity index (χ3n) is 1.25. The molecule has 1 rings (SSSR count). The summed E-state index contributed by atoms with van der Waals surface area (Å²) in [4.78, 5) is 11.6. The zero-order valence-corrected chi connectivity index (χ0v) is 7.62. The SMILES string of the molecule is CC(=O)Sc1cc(C)oc1C. The maximum absolute atomic E-state index is 10.7. The van der Waals surface area contributed by atoms with Gasteiger partial charge in [0.1, 0.15) is 11.5 Å². The highest BCUT2D eigenvalue weighted by atomic mass is 32.2. The Labute approximate surface area is 70.0 Å². The molecular weight excluding hydrogens is 160 g/mol. The summed E-state index contributed by atoms with van der Waals surface area (Å²) in [5.74, 6) is 1.67. The van der Waals surface area contributed by atoms with E-state index in [1.165, 1.54) is 11.8 Å². The summed E-state index contributed by atoms with van der Waals surface area (Å²) in [5.41, 5.74) is 0. The number of aryl methyl sites for hydroxylation is 2. The molecule has 0 N–H and O–H groups in total. The van der Waals surface area contributed by atoms with Gasteiger partial charge in [-0.3, -0.25) is 4.79 Å². The minimum absolute atomic E-state index is 0.0916. The van der Waals surface area contributed by atoms with E-state index < -0.39 is 0 Å². The van der Waals surface area contributed by atoms with Crippen molar-refractivity contribution in [3.8, 4) is 0 Å². The van der Waals surface area contributed by atoms with E-state index in [2.05, 4.69) is 0 Å². The van der Waals surface area contributed by atoms with E-state index in [1.54, 1.807) is 6.92 Å². The van der Waals surface area contributed by atoms with Crippen molar-refractivity contribution in [1.29, 1.82) is 0 Å². The Morgan fingerprint density at radius 1 is 1.55 bits per heavy atom. The molecule has 1 aromatic heterocycles. The highest BCUT2D eigenvalue weighted by molar-refractivity contribution is 8.13. The topological polar surface area (TPSA) is 30.2 Å². The monoisotopic (exact) mass is 170 g/mol. The summed E-state index contributed by atoms with van der Waals surface area (Å²) in [6.07, 6.45) is 0. The molecule has 0 aliphatic heterocycles. The molecule has 0 aromatic carbocycles. The van der Waals surface area contributed by atoms with E-state index in [0.717, 1.165) is 16.4 Å². The molecule has 3 heteroatoms. The molecule has 1 aromatic rings. The van der Waals surface area contributed by atoms with E-state index in [9.17, 15) is 4.79 Å². The van der Waals surface area contributed by atoms with E-state index >= 15 is 0 Å². The zero-order chi connectivity index (χ0) is 8.43. The van der Waals surface area contributed by atoms with Crippen molar-refractivity contribution in [2.24, 2.45) is 0 Å². The van der Waals surface area contributed by atoms with Gasteiger partial charge in [0.05, 0.1) is 4.90 Å². The molecule has 1 heterocycles. The van der Waals surface area contributed by atoms with Crippen LogP contribution in [0.3, 0.4) is 0 Å². The average molecular weight is 170 g/mol. The molecule has 11 heavy (non-hydrogen) atoms. The van der Waals surface area contributed by atoms with Crippen LogP contribution >= 0.6 is 11.8 Å². The lowest BCUT2D eigenvalue weighted by Crippen LogP contribution is -1.79. The predicted molar refractivity (Wildman–Crippen MR) is 44.7 cm³/mol. The summed E-state index contributed by atoms with van der Waals surface area (Å²) in [6, 6.07) is 1.88. The van der Waals surface area contributed by atoms with Gasteiger partial charge in [-0.15, -0.1) is 0 Å². The fourth-order valence-corrected chi connectivity index (χ4v) is 1.58. The van der Waals surface area contributed by atoms with Gasteiger partial charge in [0.15, 0.2) is 5.12 Å². The van der Waals surface area contributed by atoms with Crippen molar-refractivity contribution in [3.63, 3.8) is 0 Å². The number of rotatable bonds is 1. The van der Waals surface area contributed by atoms with Crippen LogP contribution in [0, 0.1) is 13.8 Å². The van der Waals surface area contributed by atoms with E-state index in [4.69, 9.17) is 4.42 Å². The lowest BCUT2D eigenvalue weighted by Gasteiger charge is -1.90. The van der Waals surface area contributed by atoms with Gasteiger partial charge >= 0.3 is 0 Å². The average Bonchev–Trinajstić information content (AvgIpc) is 2.09. The van der Waals surface area contributed by atoms with Crippen molar-refractivity contribution >= 4 is 16.9 Å².